The van der Waals surface area contributed by atoms with Crippen LogP contribution in [0.25, 0.3) is 0 Å². The van der Waals surface area contributed by atoms with Crippen LogP contribution in [0.4, 0.5) is 0 Å². The lowest BCUT2D eigenvalue weighted by molar-refractivity contribution is 0.409. The van der Waals surface area contributed by atoms with E-state index < -0.39 is 0 Å². The number of benzene rings is 1. The van der Waals surface area contributed by atoms with E-state index in [0.717, 1.165) is 12.2 Å². The Morgan fingerprint density at radius 2 is 1.85 bits per heavy atom. The SMILES string of the molecule is CC.CCc1c(C)cccc1OC. The number of rotatable bonds is 2. The highest BCUT2D eigenvalue weighted by Crippen LogP contribution is 2.21. The monoisotopic (exact) mass is 180 g/mol. The van der Waals surface area contributed by atoms with Crippen molar-refractivity contribution in [3.63, 3.8) is 0 Å². The normalized spacial score (nSPS) is 8.69. The fourth-order valence-corrected chi connectivity index (χ4v) is 1.32. The lowest BCUT2D eigenvalue weighted by atomic mass is 10.1. The number of hydrogen-bond acceptors (Lipinski definition) is 1. The Morgan fingerprint density at radius 1 is 1.23 bits per heavy atom. The Balaban J connectivity index is 0.000000671. The zero-order valence-corrected chi connectivity index (χ0v) is 9.35. The van der Waals surface area contributed by atoms with E-state index in [1.807, 2.05) is 26.0 Å². The maximum absolute atomic E-state index is 5.22. The third kappa shape index (κ3) is 3.10. The minimum absolute atomic E-state index is 1.01. The van der Waals surface area contributed by atoms with E-state index in [1.54, 1.807) is 7.11 Å². The number of hydrogen-bond donors (Lipinski definition) is 0. The lowest BCUT2D eigenvalue weighted by Crippen LogP contribution is -1.92. The van der Waals surface area contributed by atoms with Gasteiger partial charge < -0.3 is 4.74 Å². The van der Waals surface area contributed by atoms with Gasteiger partial charge >= 0.3 is 0 Å². The standard InChI is InChI=1S/C10H14O.C2H6/c1-4-9-8(2)6-5-7-10(9)11-3;1-2/h5-7H,4H2,1-3H3;1-2H3. The Morgan fingerprint density at radius 3 is 2.23 bits per heavy atom. The molecular weight excluding hydrogens is 160 g/mol. The lowest BCUT2D eigenvalue weighted by Gasteiger charge is -2.08. The molecule has 0 atom stereocenters. The van der Waals surface area contributed by atoms with E-state index in [0.29, 0.717) is 0 Å². The maximum atomic E-state index is 5.22. The second-order valence-electron chi connectivity index (χ2n) is 2.61. The average Bonchev–Trinajstić information content (AvgIpc) is 2.20. The third-order valence-corrected chi connectivity index (χ3v) is 1.94. The van der Waals surface area contributed by atoms with Crippen LogP contribution in [0.1, 0.15) is 31.9 Å². The van der Waals surface area contributed by atoms with Crippen LogP contribution in [0.3, 0.4) is 0 Å². The summed E-state index contributed by atoms with van der Waals surface area (Å²) in [6.45, 7) is 8.26. The Labute approximate surface area is 81.7 Å². The van der Waals surface area contributed by atoms with Crippen LogP contribution in [0.2, 0.25) is 0 Å². The van der Waals surface area contributed by atoms with E-state index in [2.05, 4.69) is 19.9 Å². The van der Waals surface area contributed by atoms with Gasteiger partial charge in [0, 0.05) is 0 Å². The molecule has 0 aliphatic rings. The molecule has 74 valence electrons. The molecule has 0 saturated heterocycles. The number of ether oxygens (including phenoxy) is 1. The molecular formula is C12H20O. The van der Waals surface area contributed by atoms with Crippen LogP contribution in [0, 0.1) is 6.92 Å². The molecule has 0 saturated carbocycles. The summed E-state index contributed by atoms with van der Waals surface area (Å²) in [5.41, 5.74) is 2.63. The molecule has 1 nitrogen and oxygen atoms in total. The Kier molecular flexibility index (Phi) is 6.03. The molecule has 0 amide bonds. The van der Waals surface area contributed by atoms with Crippen molar-refractivity contribution < 1.29 is 4.74 Å². The molecule has 1 aromatic carbocycles. The van der Waals surface area contributed by atoms with E-state index in [9.17, 15) is 0 Å². The quantitative estimate of drug-likeness (QED) is 0.675. The molecule has 0 N–H and O–H groups in total. The number of aryl methyl sites for hydroxylation is 1. The summed E-state index contributed by atoms with van der Waals surface area (Å²) in [4.78, 5) is 0. The second-order valence-corrected chi connectivity index (χ2v) is 2.61. The first kappa shape index (κ1) is 12.0. The van der Waals surface area contributed by atoms with E-state index in [4.69, 9.17) is 4.74 Å². The van der Waals surface area contributed by atoms with Crippen LogP contribution >= 0.6 is 0 Å². The van der Waals surface area contributed by atoms with Crippen LogP contribution < -0.4 is 4.74 Å². The molecule has 0 spiro atoms. The summed E-state index contributed by atoms with van der Waals surface area (Å²) in [6, 6.07) is 6.14. The van der Waals surface area contributed by atoms with E-state index in [-0.39, 0.29) is 0 Å². The molecule has 1 rings (SSSR count). The first-order valence-electron chi connectivity index (χ1n) is 4.92. The minimum Gasteiger partial charge on any atom is -0.496 e. The van der Waals surface area contributed by atoms with Gasteiger partial charge in [0.2, 0.25) is 0 Å². The molecule has 0 fully saturated rings. The van der Waals surface area contributed by atoms with E-state index in [1.165, 1.54) is 11.1 Å². The van der Waals surface area contributed by atoms with Gasteiger partial charge in [-0.3, -0.25) is 0 Å². The van der Waals surface area contributed by atoms with Crippen molar-refractivity contribution in [1.82, 2.24) is 0 Å². The molecule has 0 unspecified atom stereocenters. The van der Waals surface area contributed by atoms with Gasteiger partial charge in [0.05, 0.1) is 7.11 Å². The topological polar surface area (TPSA) is 9.23 Å². The molecule has 0 bridgehead atoms. The van der Waals surface area contributed by atoms with E-state index >= 15 is 0 Å². The van der Waals surface area contributed by atoms with Gasteiger partial charge in [-0.25, -0.2) is 0 Å². The first-order chi connectivity index (χ1) is 6.29. The van der Waals surface area contributed by atoms with Crippen molar-refractivity contribution in [3.8, 4) is 5.75 Å². The highest BCUT2D eigenvalue weighted by atomic mass is 16.5. The fourth-order valence-electron chi connectivity index (χ4n) is 1.32. The molecule has 0 aliphatic carbocycles. The number of methoxy groups -OCH3 is 1. The van der Waals surface area contributed by atoms with Gasteiger partial charge in [-0.05, 0) is 30.5 Å². The zero-order valence-electron chi connectivity index (χ0n) is 9.35. The summed E-state index contributed by atoms with van der Waals surface area (Å²) in [5, 5.41) is 0. The highest BCUT2D eigenvalue weighted by molar-refractivity contribution is 5.39. The van der Waals surface area contributed by atoms with Gasteiger partial charge in [0.1, 0.15) is 5.75 Å². The average molecular weight is 180 g/mol. The second kappa shape index (κ2) is 6.53. The van der Waals surface area contributed by atoms with Crippen LogP contribution in [0.15, 0.2) is 18.2 Å². The van der Waals surface area contributed by atoms with Crippen LogP contribution in [-0.2, 0) is 6.42 Å². The zero-order chi connectivity index (χ0) is 10.3. The molecule has 0 radical (unpaired) electrons. The first-order valence-corrected chi connectivity index (χ1v) is 4.92. The van der Waals surface area contributed by atoms with Crippen molar-refractivity contribution in [2.75, 3.05) is 7.11 Å². The summed E-state index contributed by atoms with van der Waals surface area (Å²) >= 11 is 0. The minimum atomic E-state index is 1.01. The largest absolute Gasteiger partial charge is 0.496 e. The fraction of sp³-hybridized carbons (Fsp3) is 0.500. The van der Waals surface area contributed by atoms with Crippen molar-refractivity contribution in [2.45, 2.75) is 34.1 Å². The molecule has 0 heterocycles. The predicted octanol–water partition coefficient (Wildman–Crippen LogP) is 3.59. The molecule has 0 aromatic heterocycles. The summed E-state index contributed by atoms with van der Waals surface area (Å²) in [5.74, 6) is 1.01. The van der Waals surface area contributed by atoms with Crippen molar-refractivity contribution in [2.24, 2.45) is 0 Å². The van der Waals surface area contributed by atoms with Gasteiger partial charge in [-0.1, -0.05) is 32.9 Å². The third-order valence-electron chi connectivity index (χ3n) is 1.94. The predicted molar refractivity (Wildman–Crippen MR) is 58.5 cm³/mol. The van der Waals surface area contributed by atoms with Crippen LogP contribution in [-0.4, -0.2) is 7.11 Å². The highest BCUT2D eigenvalue weighted by Gasteiger charge is 2.01. The molecule has 13 heavy (non-hydrogen) atoms. The summed E-state index contributed by atoms with van der Waals surface area (Å²) in [7, 11) is 1.72. The van der Waals surface area contributed by atoms with Gasteiger partial charge in [0.15, 0.2) is 0 Å². The van der Waals surface area contributed by atoms with Crippen molar-refractivity contribution in [1.29, 1.82) is 0 Å². The smallest absolute Gasteiger partial charge is 0.122 e. The molecule has 0 aliphatic heterocycles. The molecule has 1 aromatic rings. The van der Waals surface area contributed by atoms with Gasteiger partial charge in [0.25, 0.3) is 0 Å². The van der Waals surface area contributed by atoms with Crippen molar-refractivity contribution >= 4 is 0 Å². The van der Waals surface area contributed by atoms with Gasteiger partial charge in [-0.15, -0.1) is 0 Å². The molecule has 1 heteroatoms. The van der Waals surface area contributed by atoms with Crippen LogP contribution in [0.5, 0.6) is 5.75 Å². The van der Waals surface area contributed by atoms with Crippen molar-refractivity contribution in [3.05, 3.63) is 29.3 Å². The Bertz CT molecular complexity index is 241. The summed E-state index contributed by atoms with van der Waals surface area (Å²) in [6.07, 6.45) is 1.04. The summed E-state index contributed by atoms with van der Waals surface area (Å²) < 4.78 is 5.22. The Hall–Kier alpha value is -0.980. The maximum Gasteiger partial charge on any atom is 0.122 e. The van der Waals surface area contributed by atoms with Gasteiger partial charge in [-0.2, -0.15) is 0 Å².